The average molecular weight is 524 g/mol. The molecule has 2 N–H and O–H groups in total. The molecular weight excluding hydrogens is 486 g/mol. The zero-order chi connectivity index (χ0) is 26.6. The molecule has 2 aliphatic heterocycles. The van der Waals surface area contributed by atoms with Gasteiger partial charge in [0.05, 0.1) is 16.8 Å². The number of nitrogens with zero attached hydrogens (tertiary/aromatic N) is 6. The third kappa shape index (κ3) is 5.82. The minimum atomic E-state index is -0.0915. The van der Waals surface area contributed by atoms with Crippen LogP contribution in [0.3, 0.4) is 0 Å². The number of anilines is 1. The van der Waals surface area contributed by atoms with E-state index in [2.05, 4.69) is 69.3 Å². The van der Waals surface area contributed by atoms with Crippen molar-refractivity contribution in [2.24, 2.45) is 0 Å². The zero-order valence-electron chi connectivity index (χ0n) is 22.5. The van der Waals surface area contributed by atoms with Crippen molar-refractivity contribution < 1.29 is 0 Å². The van der Waals surface area contributed by atoms with Gasteiger partial charge in [-0.05, 0) is 43.1 Å². The van der Waals surface area contributed by atoms with E-state index in [1.54, 1.807) is 0 Å². The van der Waals surface area contributed by atoms with Crippen molar-refractivity contribution >= 4 is 16.7 Å². The molecule has 1 fully saturated rings. The highest BCUT2D eigenvalue weighted by Crippen LogP contribution is 2.20. The lowest BCUT2D eigenvalue weighted by atomic mass is 10.1. The first-order valence-electron chi connectivity index (χ1n) is 14.1. The SMILES string of the molecule is Nn1c(CCCCN2CCN(c3ccc4ccccc4n3)CC2)nc2c(c1=O)CN(Cc1ccccc1)CC2. The lowest BCUT2D eigenvalue weighted by molar-refractivity contribution is 0.240. The van der Waals surface area contributed by atoms with Crippen LogP contribution in [0.5, 0.6) is 0 Å². The third-order valence-electron chi connectivity index (χ3n) is 8.07. The molecule has 2 aromatic heterocycles. The monoisotopic (exact) mass is 523 g/mol. The number of aromatic nitrogens is 3. The van der Waals surface area contributed by atoms with E-state index in [1.807, 2.05) is 12.1 Å². The van der Waals surface area contributed by atoms with E-state index in [4.69, 9.17) is 15.8 Å². The standard InChI is InChI=1S/C31H37N7O/c32-38-30(34-28-15-17-36(23-26(28)31(38)39)22-24-8-2-1-3-9-24)12-6-7-16-35-18-20-37(21-19-35)29-14-13-25-10-4-5-11-27(25)33-29/h1-5,8-11,13-14H,6-7,12,15-23,32H2. The molecule has 39 heavy (non-hydrogen) atoms. The predicted octanol–water partition coefficient (Wildman–Crippen LogP) is 3.21. The first kappa shape index (κ1) is 25.5. The number of fused-ring (bicyclic) bond motifs is 2. The largest absolute Gasteiger partial charge is 0.354 e. The molecule has 8 heteroatoms. The van der Waals surface area contributed by atoms with E-state index < -0.39 is 0 Å². The van der Waals surface area contributed by atoms with Gasteiger partial charge in [-0.25, -0.2) is 14.6 Å². The van der Waals surface area contributed by atoms with Gasteiger partial charge in [0, 0.05) is 64.0 Å². The summed E-state index contributed by atoms with van der Waals surface area (Å²) in [7, 11) is 0. The summed E-state index contributed by atoms with van der Waals surface area (Å²) in [5.74, 6) is 8.01. The molecule has 0 amide bonds. The van der Waals surface area contributed by atoms with Crippen molar-refractivity contribution in [3.05, 3.63) is 99.7 Å². The fourth-order valence-corrected chi connectivity index (χ4v) is 5.80. The van der Waals surface area contributed by atoms with Crippen LogP contribution in [0.1, 0.15) is 35.5 Å². The summed E-state index contributed by atoms with van der Waals surface area (Å²) >= 11 is 0. The molecule has 0 aliphatic carbocycles. The van der Waals surface area contributed by atoms with Crippen molar-refractivity contribution in [2.75, 3.05) is 50.0 Å². The topological polar surface area (TPSA) is 83.5 Å². The first-order chi connectivity index (χ1) is 19.1. The highest BCUT2D eigenvalue weighted by molar-refractivity contribution is 5.80. The number of hydrogen-bond acceptors (Lipinski definition) is 7. The molecule has 0 spiro atoms. The Morgan fingerprint density at radius 1 is 0.795 bits per heavy atom. The number of unbranched alkanes of at least 4 members (excludes halogenated alkanes) is 1. The van der Waals surface area contributed by atoms with Crippen LogP contribution in [0, 0.1) is 0 Å². The Bertz CT molecular complexity index is 1480. The van der Waals surface area contributed by atoms with E-state index >= 15 is 0 Å². The second-order valence-electron chi connectivity index (χ2n) is 10.7. The molecular formula is C31H37N7O. The van der Waals surface area contributed by atoms with Gasteiger partial charge in [0.2, 0.25) is 0 Å². The van der Waals surface area contributed by atoms with Crippen molar-refractivity contribution in [3.63, 3.8) is 0 Å². The lowest BCUT2D eigenvalue weighted by Crippen LogP contribution is -2.47. The smallest absolute Gasteiger partial charge is 0.276 e. The number of benzene rings is 2. The molecule has 4 heterocycles. The molecule has 0 atom stereocenters. The zero-order valence-corrected chi connectivity index (χ0v) is 22.5. The number of rotatable bonds is 8. The van der Waals surface area contributed by atoms with Crippen LogP contribution < -0.4 is 16.3 Å². The van der Waals surface area contributed by atoms with Gasteiger partial charge in [-0.3, -0.25) is 14.6 Å². The first-order valence-corrected chi connectivity index (χ1v) is 14.1. The van der Waals surface area contributed by atoms with Gasteiger partial charge in [0.15, 0.2) is 0 Å². The molecule has 0 bridgehead atoms. The van der Waals surface area contributed by atoms with E-state index in [1.165, 1.54) is 15.6 Å². The van der Waals surface area contributed by atoms with Gasteiger partial charge in [-0.15, -0.1) is 0 Å². The Hall–Kier alpha value is -3.75. The van der Waals surface area contributed by atoms with Crippen molar-refractivity contribution in [3.8, 4) is 0 Å². The summed E-state index contributed by atoms with van der Waals surface area (Å²) in [6.45, 7) is 7.44. The molecule has 0 saturated carbocycles. The summed E-state index contributed by atoms with van der Waals surface area (Å²) in [4.78, 5) is 30.0. The number of para-hydroxylation sites is 1. The van der Waals surface area contributed by atoms with Gasteiger partial charge in [0.1, 0.15) is 11.6 Å². The summed E-state index contributed by atoms with van der Waals surface area (Å²) in [6, 6.07) is 23.0. The maximum absolute atomic E-state index is 13.1. The number of nitrogens with two attached hydrogens (primary N) is 1. The minimum Gasteiger partial charge on any atom is -0.354 e. The van der Waals surface area contributed by atoms with Crippen LogP contribution in [0.15, 0.2) is 71.5 Å². The average Bonchev–Trinajstić information content (AvgIpc) is 2.98. The second-order valence-corrected chi connectivity index (χ2v) is 10.7. The molecule has 2 aliphatic rings. The molecule has 6 rings (SSSR count). The van der Waals surface area contributed by atoms with E-state index in [0.29, 0.717) is 12.4 Å². The van der Waals surface area contributed by atoms with Gasteiger partial charge in [-0.2, -0.15) is 0 Å². The Labute approximate surface area is 229 Å². The number of nitrogen functional groups attached to an aromatic ring is 1. The Balaban J connectivity index is 0.980. The van der Waals surface area contributed by atoms with Gasteiger partial charge >= 0.3 is 0 Å². The van der Waals surface area contributed by atoms with E-state index in [0.717, 1.165) is 94.1 Å². The summed E-state index contributed by atoms with van der Waals surface area (Å²) in [5.41, 5.74) is 3.90. The molecule has 0 radical (unpaired) electrons. The maximum atomic E-state index is 13.1. The third-order valence-corrected chi connectivity index (χ3v) is 8.07. The summed E-state index contributed by atoms with van der Waals surface area (Å²) < 4.78 is 1.29. The van der Waals surface area contributed by atoms with Crippen LogP contribution in [0.25, 0.3) is 10.9 Å². The molecule has 8 nitrogen and oxygen atoms in total. The van der Waals surface area contributed by atoms with Crippen molar-refractivity contribution in [1.29, 1.82) is 0 Å². The van der Waals surface area contributed by atoms with Crippen LogP contribution in [-0.4, -0.2) is 63.7 Å². The number of hydrogen-bond donors (Lipinski definition) is 1. The lowest BCUT2D eigenvalue weighted by Gasteiger charge is -2.35. The molecule has 2 aromatic carbocycles. The molecule has 202 valence electrons. The minimum absolute atomic E-state index is 0.0915. The normalized spacial score (nSPS) is 16.5. The Kier molecular flexibility index (Phi) is 7.56. The summed E-state index contributed by atoms with van der Waals surface area (Å²) in [5, 5.41) is 1.18. The van der Waals surface area contributed by atoms with Crippen LogP contribution in [0.2, 0.25) is 0 Å². The Morgan fingerprint density at radius 2 is 1.59 bits per heavy atom. The Morgan fingerprint density at radius 3 is 2.44 bits per heavy atom. The fourth-order valence-electron chi connectivity index (χ4n) is 5.80. The molecule has 0 unspecified atom stereocenters. The maximum Gasteiger partial charge on any atom is 0.276 e. The predicted molar refractivity (Wildman–Crippen MR) is 156 cm³/mol. The second kappa shape index (κ2) is 11.6. The van der Waals surface area contributed by atoms with Gasteiger partial charge in [-0.1, -0.05) is 48.5 Å². The fraction of sp³-hybridized carbons (Fsp3) is 0.387. The highest BCUT2D eigenvalue weighted by Gasteiger charge is 2.23. The van der Waals surface area contributed by atoms with Crippen LogP contribution in [-0.2, 0) is 25.9 Å². The van der Waals surface area contributed by atoms with Gasteiger partial charge < -0.3 is 10.7 Å². The van der Waals surface area contributed by atoms with Gasteiger partial charge in [0.25, 0.3) is 5.56 Å². The number of aryl methyl sites for hydroxylation is 1. The number of pyridine rings is 1. The van der Waals surface area contributed by atoms with Crippen molar-refractivity contribution in [1.82, 2.24) is 24.4 Å². The summed E-state index contributed by atoms with van der Waals surface area (Å²) in [6.07, 6.45) is 3.55. The highest BCUT2D eigenvalue weighted by atomic mass is 16.1. The molecule has 4 aromatic rings. The van der Waals surface area contributed by atoms with Crippen molar-refractivity contribution in [2.45, 2.75) is 38.8 Å². The van der Waals surface area contributed by atoms with Crippen LogP contribution >= 0.6 is 0 Å². The van der Waals surface area contributed by atoms with Crippen LogP contribution in [0.4, 0.5) is 5.82 Å². The number of piperazine rings is 1. The van der Waals surface area contributed by atoms with E-state index in [-0.39, 0.29) is 5.56 Å². The van der Waals surface area contributed by atoms with E-state index in [9.17, 15) is 4.79 Å². The molecule has 1 saturated heterocycles. The quantitative estimate of drug-likeness (QED) is 0.281.